The second-order valence-electron chi connectivity index (χ2n) is 9.17. The molecule has 2 aromatic heterocycles. The molecule has 1 aliphatic rings. The molecule has 0 saturated carbocycles. The zero-order valence-corrected chi connectivity index (χ0v) is 20.1. The van der Waals surface area contributed by atoms with Crippen LogP contribution in [0.15, 0.2) is 61.1 Å². The largest absolute Gasteiger partial charge is 0.416 e. The molecule has 2 aromatic carbocycles. The third-order valence-electron chi connectivity index (χ3n) is 6.36. The Bertz CT molecular complexity index is 1330. The Hall–Kier alpha value is -3.72. The molecule has 0 atom stereocenters. The first-order valence-electron chi connectivity index (χ1n) is 11.9. The lowest BCUT2D eigenvalue weighted by Gasteiger charge is -2.25. The minimum Gasteiger partial charge on any atom is -0.326 e. The molecule has 1 aliphatic heterocycles. The highest BCUT2D eigenvalue weighted by Gasteiger charge is 2.30. The van der Waals surface area contributed by atoms with Crippen LogP contribution in [0.25, 0.3) is 22.6 Å². The van der Waals surface area contributed by atoms with Gasteiger partial charge in [-0.3, -0.25) is 0 Å². The highest BCUT2D eigenvalue weighted by molar-refractivity contribution is 5.77. The van der Waals surface area contributed by atoms with E-state index in [2.05, 4.69) is 31.2 Å². The molecule has 0 amide bonds. The van der Waals surface area contributed by atoms with E-state index in [0.29, 0.717) is 22.9 Å². The predicted molar refractivity (Wildman–Crippen MR) is 134 cm³/mol. The van der Waals surface area contributed by atoms with E-state index in [9.17, 15) is 13.2 Å². The maximum absolute atomic E-state index is 13.1. The van der Waals surface area contributed by atoms with Gasteiger partial charge in [-0.25, -0.2) is 15.0 Å². The summed E-state index contributed by atoms with van der Waals surface area (Å²) in [7, 11) is 0. The number of hydrogen-bond acceptors (Lipinski definition) is 5. The zero-order chi connectivity index (χ0) is 25.3. The number of imidazole rings is 1. The molecule has 0 bridgehead atoms. The number of piperidine rings is 1. The SMILES string of the molecule is Cc1cc(C)cc(Nc2nccc(-c3c(-c4ccc(C(F)(F)F)cc4)ncn3C3CCNCC3)n2)c1. The summed E-state index contributed by atoms with van der Waals surface area (Å²) in [6.45, 7) is 5.84. The minimum atomic E-state index is -4.39. The Kier molecular flexibility index (Phi) is 6.49. The van der Waals surface area contributed by atoms with Crippen molar-refractivity contribution < 1.29 is 13.2 Å². The average Bonchev–Trinajstić information content (AvgIpc) is 3.29. The summed E-state index contributed by atoms with van der Waals surface area (Å²) in [4.78, 5) is 13.8. The van der Waals surface area contributed by atoms with E-state index in [0.717, 1.165) is 60.6 Å². The van der Waals surface area contributed by atoms with Crippen LogP contribution in [0.3, 0.4) is 0 Å². The Balaban J connectivity index is 1.57. The van der Waals surface area contributed by atoms with E-state index in [1.807, 2.05) is 32.0 Å². The fourth-order valence-corrected chi connectivity index (χ4v) is 4.73. The number of aryl methyl sites for hydroxylation is 2. The van der Waals surface area contributed by atoms with Crippen molar-refractivity contribution in [3.63, 3.8) is 0 Å². The second-order valence-corrected chi connectivity index (χ2v) is 9.17. The van der Waals surface area contributed by atoms with E-state index in [4.69, 9.17) is 4.98 Å². The summed E-state index contributed by atoms with van der Waals surface area (Å²) in [5, 5.41) is 6.66. The second kappa shape index (κ2) is 9.73. The Morgan fingerprint density at radius 3 is 2.31 bits per heavy atom. The number of aromatic nitrogens is 4. The summed E-state index contributed by atoms with van der Waals surface area (Å²) < 4.78 is 41.5. The molecule has 1 saturated heterocycles. The first-order valence-corrected chi connectivity index (χ1v) is 11.9. The summed E-state index contributed by atoms with van der Waals surface area (Å²) >= 11 is 0. The minimum absolute atomic E-state index is 0.211. The van der Waals surface area contributed by atoms with E-state index in [1.54, 1.807) is 12.5 Å². The number of halogens is 3. The molecule has 1 fully saturated rings. The van der Waals surface area contributed by atoms with Gasteiger partial charge in [0, 0.05) is 23.5 Å². The van der Waals surface area contributed by atoms with Crippen LogP contribution in [0.1, 0.15) is 35.6 Å². The van der Waals surface area contributed by atoms with Crippen molar-refractivity contribution in [2.75, 3.05) is 18.4 Å². The van der Waals surface area contributed by atoms with Crippen LogP contribution < -0.4 is 10.6 Å². The van der Waals surface area contributed by atoms with Crippen LogP contribution in [0.5, 0.6) is 0 Å². The molecule has 2 N–H and O–H groups in total. The van der Waals surface area contributed by atoms with Crippen molar-refractivity contribution in [2.24, 2.45) is 0 Å². The molecular formula is C27H27F3N6. The number of hydrogen-bond donors (Lipinski definition) is 2. The molecule has 9 heteroatoms. The molecule has 0 unspecified atom stereocenters. The first-order chi connectivity index (χ1) is 17.3. The fraction of sp³-hybridized carbons (Fsp3) is 0.296. The van der Waals surface area contributed by atoms with Gasteiger partial charge < -0.3 is 15.2 Å². The molecule has 3 heterocycles. The van der Waals surface area contributed by atoms with Crippen molar-refractivity contribution in [1.29, 1.82) is 0 Å². The number of nitrogens with zero attached hydrogens (tertiary/aromatic N) is 4. The van der Waals surface area contributed by atoms with E-state index >= 15 is 0 Å². The van der Waals surface area contributed by atoms with E-state index in [1.165, 1.54) is 12.1 Å². The quantitative estimate of drug-likeness (QED) is 0.342. The summed E-state index contributed by atoms with van der Waals surface area (Å²) in [5.74, 6) is 0.439. The highest BCUT2D eigenvalue weighted by Crippen LogP contribution is 2.36. The Morgan fingerprint density at radius 2 is 1.64 bits per heavy atom. The first kappa shape index (κ1) is 24.0. The maximum Gasteiger partial charge on any atom is 0.416 e. The summed E-state index contributed by atoms with van der Waals surface area (Å²) in [6, 6.07) is 13.3. The maximum atomic E-state index is 13.1. The molecular weight excluding hydrogens is 465 g/mol. The van der Waals surface area contributed by atoms with Gasteiger partial charge in [0.05, 0.1) is 29.0 Å². The van der Waals surface area contributed by atoms with Crippen LogP contribution >= 0.6 is 0 Å². The molecule has 0 aliphatic carbocycles. The number of nitrogens with one attached hydrogen (secondary N) is 2. The smallest absolute Gasteiger partial charge is 0.326 e. The third-order valence-corrected chi connectivity index (χ3v) is 6.36. The van der Waals surface area contributed by atoms with Crippen molar-refractivity contribution in [3.8, 4) is 22.6 Å². The molecule has 0 radical (unpaired) electrons. The van der Waals surface area contributed by atoms with Crippen LogP contribution in [0.2, 0.25) is 0 Å². The summed E-state index contributed by atoms with van der Waals surface area (Å²) in [6.07, 6.45) is 0.918. The molecule has 6 nitrogen and oxygen atoms in total. The van der Waals surface area contributed by atoms with E-state index in [-0.39, 0.29) is 6.04 Å². The third kappa shape index (κ3) is 5.11. The molecule has 186 valence electrons. The van der Waals surface area contributed by atoms with Gasteiger partial charge in [0.25, 0.3) is 0 Å². The normalized spacial score (nSPS) is 14.7. The topological polar surface area (TPSA) is 67.7 Å². The lowest BCUT2D eigenvalue weighted by Crippen LogP contribution is -2.29. The van der Waals surface area contributed by atoms with Crippen molar-refractivity contribution in [1.82, 2.24) is 24.8 Å². The van der Waals surface area contributed by atoms with Crippen LogP contribution in [0, 0.1) is 13.8 Å². The highest BCUT2D eigenvalue weighted by atomic mass is 19.4. The van der Waals surface area contributed by atoms with Gasteiger partial charge in [0.2, 0.25) is 5.95 Å². The Labute approximate surface area is 207 Å². The predicted octanol–water partition coefficient (Wildman–Crippen LogP) is 6.31. The zero-order valence-electron chi connectivity index (χ0n) is 20.1. The summed E-state index contributed by atoms with van der Waals surface area (Å²) in [5.41, 5.74) is 5.08. The molecule has 4 aromatic rings. The monoisotopic (exact) mass is 492 g/mol. The van der Waals surface area contributed by atoms with Gasteiger partial charge in [0.1, 0.15) is 0 Å². The Morgan fingerprint density at radius 1 is 0.944 bits per heavy atom. The lowest BCUT2D eigenvalue weighted by atomic mass is 10.0. The number of rotatable bonds is 5. The molecule has 0 spiro atoms. The van der Waals surface area contributed by atoms with Gasteiger partial charge in [-0.1, -0.05) is 18.2 Å². The van der Waals surface area contributed by atoms with Crippen LogP contribution in [0.4, 0.5) is 24.8 Å². The standard InChI is InChI=1S/C27H27F3N6/c1-17-13-18(2)15-21(14-17)34-26-32-12-9-23(35-26)25-24(19-3-5-20(6-4-19)27(28,29)30)33-16-36(25)22-7-10-31-11-8-22/h3-6,9,12-16,22,31H,7-8,10-11H2,1-2H3,(H,32,34,35). The number of alkyl halides is 3. The van der Waals surface area contributed by atoms with Crippen LogP contribution in [-0.2, 0) is 6.18 Å². The van der Waals surface area contributed by atoms with E-state index < -0.39 is 11.7 Å². The van der Waals surface area contributed by atoms with Crippen LogP contribution in [-0.4, -0.2) is 32.6 Å². The van der Waals surface area contributed by atoms with Gasteiger partial charge >= 0.3 is 6.18 Å². The van der Waals surface area contributed by atoms with Crippen molar-refractivity contribution >= 4 is 11.6 Å². The van der Waals surface area contributed by atoms with Crippen molar-refractivity contribution in [2.45, 2.75) is 38.9 Å². The fourth-order valence-electron chi connectivity index (χ4n) is 4.73. The average molecular weight is 493 g/mol. The van der Waals surface area contributed by atoms with Crippen molar-refractivity contribution in [3.05, 3.63) is 77.7 Å². The molecule has 5 rings (SSSR count). The van der Waals surface area contributed by atoms with Gasteiger partial charge in [-0.2, -0.15) is 13.2 Å². The number of benzene rings is 2. The van der Waals surface area contributed by atoms with Gasteiger partial charge in [-0.05, 0) is 81.2 Å². The number of anilines is 2. The lowest BCUT2D eigenvalue weighted by molar-refractivity contribution is -0.137. The van der Waals surface area contributed by atoms with Gasteiger partial charge in [0.15, 0.2) is 0 Å². The van der Waals surface area contributed by atoms with Gasteiger partial charge in [-0.15, -0.1) is 0 Å². The molecule has 36 heavy (non-hydrogen) atoms.